The molecule has 4 nitrogen and oxygen atoms in total. The van der Waals surface area contributed by atoms with E-state index in [1.165, 1.54) is 43.1 Å². The third-order valence-electron chi connectivity index (χ3n) is 7.21. The summed E-state index contributed by atoms with van der Waals surface area (Å²) < 4.78 is 37.4. The molecule has 3 unspecified atom stereocenters. The van der Waals surface area contributed by atoms with Gasteiger partial charge in [0.05, 0.1) is 5.75 Å². The SMILES string of the molecule is CCS(=O)OC1=c2ccc3c4c5c(ccc6ccc7ccc(c(c24)c7c65)C1OS(=O)CC)CC=3. The molecular weight excluding hydrogens is 464 g/mol. The first-order chi connectivity index (χ1) is 16.6. The van der Waals surface area contributed by atoms with Crippen molar-refractivity contribution in [1.29, 1.82) is 0 Å². The van der Waals surface area contributed by atoms with E-state index in [4.69, 9.17) is 8.37 Å². The van der Waals surface area contributed by atoms with Crippen molar-refractivity contribution in [3.63, 3.8) is 0 Å². The van der Waals surface area contributed by atoms with Gasteiger partial charge >= 0.3 is 0 Å². The second-order valence-electron chi connectivity index (χ2n) is 8.86. The van der Waals surface area contributed by atoms with Crippen LogP contribution in [-0.4, -0.2) is 19.9 Å². The predicted molar refractivity (Wildman–Crippen MR) is 141 cm³/mol. The Morgan fingerprint density at radius 3 is 2.24 bits per heavy atom. The summed E-state index contributed by atoms with van der Waals surface area (Å²) in [5.41, 5.74) is 2.24. The van der Waals surface area contributed by atoms with Gasteiger partial charge in [0.25, 0.3) is 0 Å². The van der Waals surface area contributed by atoms with Crippen LogP contribution < -0.4 is 10.4 Å². The van der Waals surface area contributed by atoms with E-state index in [-0.39, 0.29) is 0 Å². The van der Waals surface area contributed by atoms with E-state index >= 15 is 0 Å². The molecule has 6 heteroatoms. The molecule has 170 valence electrons. The summed E-state index contributed by atoms with van der Waals surface area (Å²) in [5.74, 6) is 1.22. The molecule has 0 saturated heterocycles. The third kappa shape index (κ3) is 2.62. The highest BCUT2D eigenvalue weighted by atomic mass is 32.2. The molecule has 2 aliphatic rings. The smallest absolute Gasteiger partial charge is 0.205 e. The Labute approximate surface area is 201 Å². The van der Waals surface area contributed by atoms with Crippen LogP contribution in [0.15, 0.2) is 48.5 Å². The Morgan fingerprint density at radius 1 is 0.765 bits per heavy atom. The van der Waals surface area contributed by atoms with Gasteiger partial charge in [-0.2, -0.15) is 0 Å². The van der Waals surface area contributed by atoms with Crippen LogP contribution in [0.2, 0.25) is 0 Å². The molecule has 5 aromatic rings. The highest BCUT2D eigenvalue weighted by Gasteiger charge is 2.33. The second-order valence-corrected chi connectivity index (χ2v) is 11.6. The molecule has 0 fully saturated rings. The molecule has 0 radical (unpaired) electrons. The van der Waals surface area contributed by atoms with E-state index in [1.807, 2.05) is 13.8 Å². The van der Waals surface area contributed by atoms with Crippen LogP contribution in [0.4, 0.5) is 0 Å². The molecule has 2 aliphatic carbocycles. The van der Waals surface area contributed by atoms with Crippen LogP contribution in [0.1, 0.15) is 31.1 Å². The van der Waals surface area contributed by atoms with E-state index in [1.54, 1.807) is 0 Å². The van der Waals surface area contributed by atoms with E-state index < -0.39 is 28.3 Å². The molecule has 0 N–H and O–H groups in total. The van der Waals surface area contributed by atoms with Crippen molar-refractivity contribution in [2.45, 2.75) is 26.4 Å². The van der Waals surface area contributed by atoms with Crippen LogP contribution >= 0.6 is 0 Å². The zero-order valence-electron chi connectivity index (χ0n) is 18.8. The molecular formula is C28H22O4S2. The molecule has 7 rings (SSSR count). The van der Waals surface area contributed by atoms with Crippen LogP contribution in [0.25, 0.3) is 54.9 Å². The zero-order chi connectivity index (χ0) is 23.1. The first kappa shape index (κ1) is 20.6. The molecule has 0 spiro atoms. The van der Waals surface area contributed by atoms with Crippen LogP contribution in [-0.2, 0) is 36.9 Å². The summed E-state index contributed by atoms with van der Waals surface area (Å²) in [6.07, 6.45) is 2.50. The van der Waals surface area contributed by atoms with E-state index in [9.17, 15) is 8.42 Å². The van der Waals surface area contributed by atoms with Gasteiger partial charge in [0.15, 0.2) is 22.9 Å². The monoisotopic (exact) mass is 486 g/mol. The maximum atomic E-state index is 12.6. The lowest BCUT2D eigenvalue weighted by Crippen LogP contribution is -2.27. The summed E-state index contributed by atoms with van der Waals surface area (Å²) in [4.78, 5) is 0. The number of benzene rings is 5. The van der Waals surface area contributed by atoms with Gasteiger partial charge in [-0.15, -0.1) is 0 Å². The lowest BCUT2D eigenvalue weighted by atomic mass is 9.79. The normalized spacial score (nSPS) is 18.4. The fourth-order valence-corrected chi connectivity index (χ4v) is 6.82. The predicted octanol–water partition coefficient (Wildman–Crippen LogP) is 4.64. The van der Waals surface area contributed by atoms with Gasteiger partial charge in [-0.1, -0.05) is 68.5 Å². The number of hydrogen-bond acceptors (Lipinski definition) is 4. The number of hydrogen-bond donors (Lipinski definition) is 0. The molecule has 5 aromatic carbocycles. The Hall–Kier alpha value is -2.80. The van der Waals surface area contributed by atoms with E-state index in [0.29, 0.717) is 17.3 Å². The van der Waals surface area contributed by atoms with Crippen LogP contribution in [0.5, 0.6) is 0 Å². The van der Waals surface area contributed by atoms with Gasteiger partial charge in [-0.3, -0.25) is 4.18 Å². The lowest BCUT2D eigenvalue weighted by Gasteiger charge is -2.29. The Balaban J connectivity index is 1.78. The standard InChI is InChI=1S/C28H22O4S2/c1-3-33(29)31-27-19-13-11-17-9-7-15-5-6-16-8-10-18-12-14-20(28(27)32-34(30)4-2)26-24(18)22(16)21(15)23(17)25(19)26/h5-7,9-14,27H,3-4,8H2,1-2H3. The van der Waals surface area contributed by atoms with Gasteiger partial charge in [0.2, 0.25) is 11.1 Å². The average molecular weight is 487 g/mol. The molecule has 0 bridgehead atoms. The van der Waals surface area contributed by atoms with Crippen molar-refractivity contribution in [1.82, 2.24) is 0 Å². The van der Waals surface area contributed by atoms with E-state index in [2.05, 4.69) is 54.6 Å². The van der Waals surface area contributed by atoms with Gasteiger partial charge in [0.1, 0.15) is 0 Å². The van der Waals surface area contributed by atoms with Crippen molar-refractivity contribution in [2.75, 3.05) is 11.5 Å². The topological polar surface area (TPSA) is 52.6 Å². The van der Waals surface area contributed by atoms with Crippen molar-refractivity contribution in [2.24, 2.45) is 0 Å². The highest BCUT2D eigenvalue weighted by molar-refractivity contribution is 7.80. The fraction of sp³-hybridized carbons (Fsp3) is 0.214. The first-order valence-corrected chi connectivity index (χ1v) is 14.1. The summed E-state index contributed by atoms with van der Waals surface area (Å²) in [5, 5.41) is 11.7. The summed E-state index contributed by atoms with van der Waals surface area (Å²) in [6.45, 7) is 3.65. The molecule has 0 aliphatic heterocycles. The van der Waals surface area contributed by atoms with Crippen LogP contribution in [0.3, 0.4) is 0 Å². The van der Waals surface area contributed by atoms with Crippen molar-refractivity contribution in [3.8, 4) is 0 Å². The molecule has 0 heterocycles. The second kappa shape index (κ2) is 7.35. The summed E-state index contributed by atoms with van der Waals surface area (Å²) >= 11 is -3.01. The summed E-state index contributed by atoms with van der Waals surface area (Å²) in [7, 11) is 0. The molecule has 0 amide bonds. The minimum Gasteiger partial charge on any atom is -0.401 e. The van der Waals surface area contributed by atoms with Gasteiger partial charge in [0, 0.05) is 16.4 Å². The quantitative estimate of drug-likeness (QED) is 0.259. The first-order valence-electron chi connectivity index (χ1n) is 11.6. The summed E-state index contributed by atoms with van der Waals surface area (Å²) in [6, 6.07) is 17.2. The van der Waals surface area contributed by atoms with E-state index in [0.717, 1.165) is 28.0 Å². The van der Waals surface area contributed by atoms with Gasteiger partial charge in [-0.05, 0) is 60.5 Å². The Kier molecular flexibility index (Phi) is 4.44. The van der Waals surface area contributed by atoms with Crippen molar-refractivity contribution in [3.05, 3.63) is 70.1 Å². The maximum Gasteiger partial charge on any atom is 0.205 e. The highest BCUT2D eigenvalue weighted by Crippen LogP contribution is 2.47. The van der Waals surface area contributed by atoms with Crippen molar-refractivity contribution >= 4 is 77.1 Å². The Bertz CT molecular complexity index is 1850. The minimum atomic E-state index is -1.51. The molecule has 0 saturated carbocycles. The largest absolute Gasteiger partial charge is 0.401 e. The van der Waals surface area contributed by atoms with Gasteiger partial charge < -0.3 is 4.18 Å². The molecule has 3 atom stereocenters. The molecule has 0 aromatic heterocycles. The average Bonchev–Trinajstić information content (AvgIpc) is 2.88. The van der Waals surface area contributed by atoms with Crippen molar-refractivity contribution < 1.29 is 16.8 Å². The fourth-order valence-electron chi connectivity index (χ4n) is 5.78. The van der Waals surface area contributed by atoms with Crippen LogP contribution in [0, 0.1) is 0 Å². The third-order valence-corrected chi connectivity index (χ3v) is 8.92. The number of rotatable bonds is 6. The Morgan fingerprint density at radius 2 is 1.47 bits per heavy atom. The lowest BCUT2D eigenvalue weighted by molar-refractivity contribution is 0.258. The maximum absolute atomic E-state index is 12.6. The minimum absolute atomic E-state index is 0.360. The zero-order valence-corrected chi connectivity index (χ0v) is 20.5. The molecule has 34 heavy (non-hydrogen) atoms. The van der Waals surface area contributed by atoms with Gasteiger partial charge in [-0.25, -0.2) is 8.42 Å².